The van der Waals surface area contributed by atoms with Crippen LogP contribution >= 0.6 is 0 Å². The van der Waals surface area contributed by atoms with Crippen LogP contribution in [0.1, 0.15) is 11.1 Å². The van der Waals surface area contributed by atoms with E-state index in [-0.39, 0.29) is 16.4 Å². The van der Waals surface area contributed by atoms with Crippen molar-refractivity contribution in [1.29, 1.82) is 0 Å². The molecule has 3 rings (SSSR count). The van der Waals surface area contributed by atoms with Gasteiger partial charge in [-0.05, 0) is 41.8 Å². The van der Waals surface area contributed by atoms with Crippen molar-refractivity contribution in [2.45, 2.75) is 11.3 Å². The number of nitrogens with zero attached hydrogens (tertiary/aromatic N) is 1. The summed E-state index contributed by atoms with van der Waals surface area (Å²) in [5.74, 6) is -0.185. The van der Waals surface area contributed by atoms with E-state index < -0.39 is 16.0 Å². The van der Waals surface area contributed by atoms with Gasteiger partial charge >= 0.3 is 5.97 Å². The number of carbonyl (C=O) groups excluding carboxylic acids is 1. The number of fused-ring (bicyclic) bond motifs is 1. The van der Waals surface area contributed by atoms with Gasteiger partial charge in [0.2, 0.25) is 0 Å². The van der Waals surface area contributed by atoms with E-state index in [1.807, 2.05) is 12.1 Å². The van der Waals surface area contributed by atoms with Crippen molar-refractivity contribution in [3.63, 3.8) is 0 Å². The van der Waals surface area contributed by atoms with Gasteiger partial charge < -0.3 is 14.2 Å². The van der Waals surface area contributed by atoms with Gasteiger partial charge in [0, 0.05) is 12.6 Å². The second-order valence-corrected chi connectivity index (χ2v) is 7.90. The largest absolute Gasteiger partial charge is 0.493 e. The third kappa shape index (κ3) is 3.55. The summed E-state index contributed by atoms with van der Waals surface area (Å²) >= 11 is 0. The number of ether oxygens (including phenoxy) is 3. The van der Waals surface area contributed by atoms with Crippen molar-refractivity contribution in [1.82, 2.24) is 0 Å². The number of hydrogen-bond donors (Lipinski definition) is 0. The van der Waals surface area contributed by atoms with Crippen LogP contribution in [0.2, 0.25) is 0 Å². The summed E-state index contributed by atoms with van der Waals surface area (Å²) in [4.78, 5) is 11.4. The Morgan fingerprint density at radius 3 is 2.54 bits per heavy atom. The Morgan fingerprint density at radius 2 is 1.86 bits per heavy atom. The minimum Gasteiger partial charge on any atom is -0.493 e. The fourth-order valence-corrected chi connectivity index (χ4v) is 4.86. The van der Waals surface area contributed by atoms with Crippen molar-refractivity contribution in [2.24, 2.45) is 0 Å². The Morgan fingerprint density at radius 1 is 1.11 bits per heavy atom. The second kappa shape index (κ2) is 7.93. The van der Waals surface area contributed by atoms with Gasteiger partial charge in [-0.25, -0.2) is 13.2 Å². The van der Waals surface area contributed by atoms with Crippen LogP contribution in [0.4, 0.5) is 5.69 Å². The molecule has 1 aliphatic rings. The lowest BCUT2D eigenvalue weighted by atomic mass is 10.2. The smallest absolute Gasteiger partial charge is 0.330 e. The number of rotatable bonds is 6. The van der Waals surface area contributed by atoms with Crippen LogP contribution in [0.25, 0.3) is 6.08 Å². The van der Waals surface area contributed by atoms with Crippen molar-refractivity contribution in [3.8, 4) is 11.5 Å². The summed E-state index contributed by atoms with van der Waals surface area (Å²) in [6.07, 6.45) is 3.31. The Hall–Kier alpha value is -3.00. The number of carbonyl (C=O) groups is 1. The van der Waals surface area contributed by atoms with Crippen molar-refractivity contribution in [2.75, 3.05) is 32.2 Å². The molecule has 0 saturated heterocycles. The number of sulfonamides is 1. The molecule has 0 bridgehead atoms. The first kappa shape index (κ1) is 19.8. The first-order valence-corrected chi connectivity index (χ1v) is 9.99. The van der Waals surface area contributed by atoms with Crippen molar-refractivity contribution >= 4 is 27.8 Å². The zero-order valence-corrected chi connectivity index (χ0v) is 16.7. The minimum atomic E-state index is -3.92. The van der Waals surface area contributed by atoms with Crippen LogP contribution in [0, 0.1) is 0 Å². The molecule has 2 aromatic carbocycles. The zero-order chi connectivity index (χ0) is 20.3. The first-order chi connectivity index (χ1) is 13.4. The lowest BCUT2D eigenvalue weighted by Crippen LogP contribution is -2.29. The van der Waals surface area contributed by atoms with Gasteiger partial charge in [-0.15, -0.1) is 0 Å². The summed E-state index contributed by atoms with van der Waals surface area (Å²) < 4.78 is 43.6. The molecule has 0 spiro atoms. The van der Waals surface area contributed by atoms with Gasteiger partial charge in [0.25, 0.3) is 10.0 Å². The van der Waals surface area contributed by atoms with E-state index in [2.05, 4.69) is 4.74 Å². The Balaban J connectivity index is 2.14. The molecule has 0 amide bonds. The fraction of sp³-hybridized carbons (Fsp3) is 0.250. The van der Waals surface area contributed by atoms with E-state index in [1.165, 1.54) is 43.9 Å². The quantitative estimate of drug-likeness (QED) is 0.545. The highest BCUT2D eigenvalue weighted by Gasteiger charge is 2.34. The molecule has 7 nitrogen and oxygen atoms in total. The van der Waals surface area contributed by atoms with Gasteiger partial charge in [0.15, 0.2) is 11.5 Å². The van der Waals surface area contributed by atoms with E-state index in [0.29, 0.717) is 24.2 Å². The minimum absolute atomic E-state index is 0.0319. The monoisotopic (exact) mass is 403 g/mol. The molecule has 0 fully saturated rings. The van der Waals surface area contributed by atoms with Gasteiger partial charge in [-0.3, -0.25) is 4.31 Å². The number of para-hydroxylation sites is 1. The van der Waals surface area contributed by atoms with Gasteiger partial charge in [-0.2, -0.15) is 0 Å². The standard InChI is InChI=1S/C20H21NO6S/c1-25-17-12-14(8-9-19(22)26-2)13-18(20(17)27-3)28(23,24)21-11-10-15-6-4-5-7-16(15)21/h4-9,12-13H,10-11H2,1-3H3/b9-8+. The average Bonchev–Trinajstić information content (AvgIpc) is 3.16. The lowest BCUT2D eigenvalue weighted by Gasteiger charge is -2.22. The summed E-state index contributed by atoms with van der Waals surface area (Å²) in [6.45, 7) is 0.343. The number of benzene rings is 2. The van der Waals surface area contributed by atoms with Gasteiger partial charge in [-0.1, -0.05) is 18.2 Å². The van der Waals surface area contributed by atoms with E-state index >= 15 is 0 Å². The molecular weight excluding hydrogens is 382 g/mol. The predicted octanol–water partition coefficient (Wildman–Crippen LogP) is 2.64. The third-order valence-corrected chi connectivity index (χ3v) is 6.31. The molecule has 1 aliphatic heterocycles. The maximum atomic E-state index is 13.5. The Bertz CT molecular complexity index is 1030. The highest BCUT2D eigenvalue weighted by Crippen LogP contribution is 2.40. The molecule has 1 heterocycles. The fourth-order valence-electron chi connectivity index (χ4n) is 3.15. The van der Waals surface area contributed by atoms with Crippen LogP contribution in [-0.2, 0) is 26.0 Å². The number of anilines is 1. The summed E-state index contributed by atoms with van der Waals surface area (Å²) in [7, 11) is 0.162. The Labute approximate surface area is 164 Å². The normalized spacial score (nSPS) is 13.5. The van der Waals surface area contributed by atoms with Crippen molar-refractivity contribution < 1.29 is 27.4 Å². The zero-order valence-electron chi connectivity index (χ0n) is 15.8. The number of esters is 1. The molecule has 0 atom stereocenters. The summed E-state index contributed by atoms with van der Waals surface area (Å²) in [5.41, 5.74) is 2.09. The lowest BCUT2D eigenvalue weighted by molar-refractivity contribution is -0.134. The van der Waals surface area contributed by atoms with Crippen LogP contribution in [0.5, 0.6) is 11.5 Å². The summed E-state index contributed by atoms with van der Waals surface area (Å²) in [6, 6.07) is 10.4. The molecule has 0 saturated carbocycles. The highest BCUT2D eigenvalue weighted by atomic mass is 32.2. The van der Waals surface area contributed by atoms with E-state index in [4.69, 9.17) is 9.47 Å². The maximum absolute atomic E-state index is 13.5. The summed E-state index contributed by atoms with van der Waals surface area (Å²) in [5, 5.41) is 0. The van der Waals surface area contributed by atoms with Crippen LogP contribution in [0.15, 0.2) is 47.4 Å². The third-order valence-electron chi connectivity index (χ3n) is 4.49. The molecule has 28 heavy (non-hydrogen) atoms. The van der Waals surface area contributed by atoms with Gasteiger partial charge in [0.05, 0.1) is 27.0 Å². The first-order valence-electron chi connectivity index (χ1n) is 8.55. The van der Waals surface area contributed by atoms with Crippen LogP contribution < -0.4 is 13.8 Å². The molecule has 148 valence electrons. The predicted molar refractivity (Wildman–Crippen MR) is 105 cm³/mol. The maximum Gasteiger partial charge on any atom is 0.330 e. The van der Waals surface area contributed by atoms with Crippen LogP contribution in [-0.4, -0.2) is 42.3 Å². The molecule has 8 heteroatoms. The number of methoxy groups -OCH3 is 3. The molecule has 0 N–H and O–H groups in total. The SMILES string of the molecule is COC(=O)/C=C/c1cc(OC)c(OC)c(S(=O)(=O)N2CCc3ccccc32)c1. The van der Waals surface area contributed by atoms with Gasteiger partial charge in [0.1, 0.15) is 4.90 Å². The molecule has 0 radical (unpaired) electrons. The second-order valence-electron chi connectivity index (χ2n) is 6.07. The number of hydrogen-bond acceptors (Lipinski definition) is 6. The molecule has 0 aliphatic carbocycles. The average molecular weight is 403 g/mol. The van der Waals surface area contributed by atoms with Crippen molar-refractivity contribution in [3.05, 3.63) is 53.6 Å². The van der Waals surface area contributed by atoms with E-state index in [0.717, 1.165) is 5.56 Å². The van der Waals surface area contributed by atoms with E-state index in [9.17, 15) is 13.2 Å². The molecule has 0 aromatic heterocycles. The van der Waals surface area contributed by atoms with E-state index in [1.54, 1.807) is 18.2 Å². The highest BCUT2D eigenvalue weighted by molar-refractivity contribution is 7.93. The Kier molecular flexibility index (Phi) is 5.60. The molecule has 2 aromatic rings. The topological polar surface area (TPSA) is 82.1 Å². The molecular formula is C20H21NO6S. The molecule has 0 unspecified atom stereocenters. The van der Waals surface area contributed by atoms with Crippen LogP contribution in [0.3, 0.4) is 0 Å².